The van der Waals surface area contributed by atoms with Crippen LogP contribution in [0.3, 0.4) is 0 Å². The van der Waals surface area contributed by atoms with Crippen LogP contribution < -0.4 is 10.6 Å². The Kier molecular flexibility index (Phi) is 4.47. The molecule has 0 fully saturated rings. The molecule has 2 N–H and O–H groups in total. The van der Waals surface area contributed by atoms with Crippen LogP contribution in [0.15, 0.2) is 33.9 Å². The fourth-order valence-electron chi connectivity index (χ4n) is 1.86. The summed E-state index contributed by atoms with van der Waals surface area (Å²) in [5, 5.41) is 7.80. The van der Waals surface area contributed by atoms with Crippen LogP contribution in [0.4, 0.5) is 5.69 Å². The third-order valence-corrected chi connectivity index (χ3v) is 3.23. The predicted octanol–water partition coefficient (Wildman–Crippen LogP) is 2.19. The average Bonchev–Trinajstić information content (AvgIpc) is 2.79. The monoisotopic (exact) mass is 288 g/mol. The lowest BCUT2D eigenvalue weighted by atomic mass is 10.2. The molecule has 0 amide bonds. The SMILES string of the molecule is Cc1noc(C)c1CON=C(N)c1ccc(N(C)C)cc1. The second kappa shape index (κ2) is 6.30. The molecule has 0 bridgehead atoms. The zero-order chi connectivity index (χ0) is 15.4. The summed E-state index contributed by atoms with van der Waals surface area (Å²) in [6.45, 7) is 3.99. The molecule has 0 saturated heterocycles. The summed E-state index contributed by atoms with van der Waals surface area (Å²) in [6.07, 6.45) is 0. The van der Waals surface area contributed by atoms with Crippen molar-refractivity contribution < 1.29 is 9.36 Å². The van der Waals surface area contributed by atoms with E-state index in [4.69, 9.17) is 15.1 Å². The minimum atomic E-state index is 0.289. The van der Waals surface area contributed by atoms with Crippen LogP contribution in [-0.2, 0) is 11.4 Å². The van der Waals surface area contributed by atoms with Crippen LogP contribution in [0.25, 0.3) is 0 Å². The lowest BCUT2D eigenvalue weighted by molar-refractivity contribution is 0.129. The van der Waals surface area contributed by atoms with Gasteiger partial charge in [0.1, 0.15) is 12.4 Å². The van der Waals surface area contributed by atoms with Gasteiger partial charge >= 0.3 is 0 Å². The standard InChI is InChI=1S/C15H20N4O2/c1-10-14(11(2)21-17-10)9-20-18-15(16)12-5-7-13(8-6-12)19(3)4/h5-8H,9H2,1-4H3,(H2,16,18). The molecule has 0 aliphatic heterocycles. The van der Waals surface area contributed by atoms with Gasteiger partial charge in [0, 0.05) is 25.3 Å². The molecule has 0 radical (unpaired) electrons. The molecule has 1 aromatic heterocycles. The highest BCUT2D eigenvalue weighted by molar-refractivity contribution is 5.97. The smallest absolute Gasteiger partial charge is 0.170 e. The molecular formula is C15H20N4O2. The van der Waals surface area contributed by atoms with E-state index in [-0.39, 0.29) is 6.61 Å². The number of nitrogens with zero attached hydrogens (tertiary/aromatic N) is 3. The van der Waals surface area contributed by atoms with Crippen molar-refractivity contribution >= 4 is 11.5 Å². The second-order valence-corrected chi connectivity index (χ2v) is 4.99. The van der Waals surface area contributed by atoms with E-state index in [1.807, 2.05) is 57.1 Å². The molecule has 6 nitrogen and oxygen atoms in total. The fraction of sp³-hybridized carbons (Fsp3) is 0.333. The van der Waals surface area contributed by atoms with Gasteiger partial charge in [-0.15, -0.1) is 0 Å². The number of benzene rings is 1. The Bertz CT molecular complexity index is 610. The van der Waals surface area contributed by atoms with Crippen molar-refractivity contribution in [2.45, 2.75) is 20.5 Å². The number of oxime groups is 1. The van der Waals surface area contributed by atoms with Gasteiger partial charge in [-0.3, -0.25) is 0 Å². The molecule has 2 rings (SSSR count). The third kappa shape index (κ3) is 3.53. The van der Waals surface area contributed by atoms with Gasteiger partial charge in [-0.2, -0.15) is 0 Å². The fourth-order valence-corrected chi connectivity index (χ4v) is 1.86. The first-order chi connectivity index (χ1) is 9.99. The Morgan fingerprint density at radius 1 is 1.29 bits per heavy atom. The number of amidine groups is 1. The van der Waals surface area contributed by atoms with Crippen molar-refractivity contribution in [2.75, 3.05) is 19.0 Å². The van der Waals surface area contributed by atoms with E-state index >= 15 is 0 Å². The summed E-state index contributed by atoms with van der Waals surface area (Å²) >= 11 is 0. The quantitative estimate of drug-likeness (QED) is 0.518. The van der Waals surface area contributed by atoms with Gasteiger partial charge in [0.2, 0.25) is 0 Å². The van der Waals surface area contributed by atoms with Gasteiger partial charge in [0.25, 0.3) is 0 Å². The topological polar surface area (TPSA) is 76.9 Å². The predicted molar refractivity (Wildman–Crippen MR) is 82.3 cm³/mol. The molecule has 0 unspecified atom stereocenters. The van der Waals surface area contributed by atoms with Gasteiger partial charge in [0.15, 0.2) is 5.84 Å². The maximum Gasteiger partial charge on any atom is 0.170 e. The Morgan fingerprint density at radius 3 is 2.48 bits per heavy atom. The number of aryl methyl sites for hydroxylation is 2. The lowest BCUT2D eigenvalue weighted by Crippen LogP contribution is -2.14. The van der Waals surface area contributed by atoms with E-state index in [0.29, 0.717) is 5.84 Å². The van der Waals surface area contributed by atoms with E-state index < -0.39 is 0 Å². The van der Waals surface area contributed by atoms with Crippen molar-refractivity contribution in [3.63, 3.8) is 0 Å². The van der Waals surface area contributed by atoms with Crippen molar-refractivity contribution in [3.8, 4) is 0 Å². The van der Waals surface area contributed by atoms with Crippen LogP contribution in [0, 0.1) is 13.8 Å². The van der Waals surface area contributed by atoms with Gasteiger partial charge in [-0.05, 0) is 38.1 Å². The van der Waals surface area contributed by atoms with Crippen LogP contribution >= 0.6 is 0 Å². The molecule has 1 heterocycles. The highest BCUT2D eigenvalue weighted by Crippen LogP contribution is 2.14. The maximum absolute atomic E-state index is 5.91. The zero-order valence-electron chi connectivity index (χ0n) is 12.8. The van der Waals surface area contributed by atoms with Crippen molar-refractivity contribution in [1.29, 1.82) is 0 Å². The molecule has 1 aromatic carbocycles. The summed E-state index contributed by atoms with van der Waals surface area (Å²) < 4.78 is 5.06. The lowest BCUT2D eigenvalue weighted by Gasteiger charge is -2.12. The van der Waals surface area contributed by atoms with Crippen LogP contribution in [0.1, 0.15) is 22.6 Å². The summed E-state index contributed by atoms with van der Waals surface area (Å²) in [7, 11) is 3.97. The Hall–Kier alpha value is -2.50. The molecule has 0 aliphatic rings. The molecule has 2 aromatic rings. The minimum Gasteiger partial charge on any atom is -0.389 e. The summed E-state index contributed by atoms with van der Waals surface area (Å²) in [5.74, 6) is 1.07. The van der Waals surface area contributed by atoms with Gasteiger partial charge in [-0.25, -0.2) is 0 Å². The molecule has 0 atom stereocenters. The second-order valence-electron chi connectivity index (χ2n) is 4.99. The zero-order valence-corrected chi connectivity index (χ0v) is 12.8. The normalized spacial score (nSPS) is 11.5. The molecule has 6 heteroatoms. The minimum absolute atomic E-state index is 0.289. The van der Waals surface area contributed by atoms with E-state index in [1.165, 1.54) is 0 Å². The Morgan fingerprint density at radius 2 is 1.95 bits per heavy atom. The Labute approximate surface area is 124 Å². The summed E-state index contributed by atoms with van der Waals surface area (Å²) in [5.41, 5.74) is 9.53. The number of aromatic nitrogens is 1. The molecular weight excluding hydrogens is 268 g/mol. The van der Waals surface area contributed by atoms with E-state index in [9.17, 15) is 0 Å². The van der Waals surface area contributed by atoms with E-state index in [0.717, 1.165) is 28.3 Å². The van der Waals surface area contributed by atoms with Gasteiger partial charge in [0.05, 0.1) is 11.3 Å². The first-order valence-electron chi connectivity index (χ1n) is 6.64. The first kappa shape index (κ1) is 14.9. The largest absolute Gasteiger partial charge is 0.389 e. The number of rotatable bonds is 5. The van der Waals surface area contributed by atoms with Crippen molar-refractivity contribution in [3.05, 3.63) is 46.8 Å². The van der Waals surface area contributed by atoms with Crippen molar-refractivity contribution in [1.82, 2.24) is 5.16 Å². The highest BCUT2D eigenvalue weighted by atomic mass is 16.6. The average molecular weight is 288 g/mol. The third-order valence-electron chi connectivity index (χ3n) is 3.23. The highest BCUT2D eigenvalue weighted by Gasteiger charge is 2.09. The van der Waals surface area contributed by atoms with Gasteiger partial charge < -0.3 is 20.0 Å². The maximum atomic E-state index is 5.91. The first-order valence-corrected chi connectivity index (χ1v) is 6.64. The molecule has 0 aliphatic carbocycles. The van der Waals surface area contributed by atoms with Crippen LogP contribution in [0.5, 0.6) is 0 Å². The van der Waals surface area contributed by atoms with Crippen LogP contribution in [-0.4, -0.2) is 25.1 Å². The molecule has 21 heavy (non-hydrogen) atoms. The van der Waals surface area contributed by atoms with E-state index in [1.54, 1.807) is 0 Å². The number of hydrogen-bond acceptors (Lipinski definition) is 5. The van der Waals surface area contributed by atoms with E-state index in [2.05, 4.69) is 10.3 Å². The molecule has 112 valence electrons. The number of anilines is 1. The number of hydrogen-bond donors (Lipinski definition) is 1. The number of nitrogens with two attached hydrogens (primary N) is 1. The van der Waals surface area contributed by atoms with Gasteiger partial charge in [-0.1, -0.05) is 10.3 Å². The Balaban J connectivity index is 2.01. The molecule has 0 spiro atoms. The van der Waals surface area contributed by atoms with Crippen molar-refractivity contribution in [2.24, 2.45) is 10.9 Å². The van der Waals surface area contributed by atoms with Crippen LogP contribution in [0.2, 0.25) is 0 Å². The summed E-state index contributed by atoms with van der Waals surface area (Å²) in [6, 6.07) is 7.78. The molecule has 0 saturated carbocycles. The summed E-state index contributed by atoms with van der Waals surface area (Å²) in [4.78, 5) is 7.31.